The number of hydrogen-bond donors (Lipinski definition) is 2. The Labute approximate surface area is 155 Å². The number of amides is 1. The summed E-state index contributed by atoms with van der Waals surface area (Å²) in [7, 11) is 3.71. The first-order valence-corrected chi connectivity index (χ1v) is 8.89. The number of likely N-dealkylation sites (tertiary alicyclic amines) is 1. The van der Waals surface area contributed by atoms with Crippen LogP contribution in [0.25, 0.3) is 10.9 Å². The number of anilines is 1. The summed E-state index contributed by atoms with van der Waals surface area (Å²) in [4.78, 5) is 47.2. The van der Waals surface area contributed by atoms with Gasteiger partial charge in [-0.15, -0.1) is 0 Å². The molecule has 1 unspecified atom stereocenters. The van der Waals surface area contributed by atoms with E-state index in [0.717, 1.165) is 18.5 Å². The zero-order valence-corrected chi connectivity index (χ0v) is 15.3. The lowest BCUT2D eigenvalue weighted by Crippen LogP contribution is -2.40. The van der Waals surface area contributed by atoms with E-state index in [9.17, 15) is 9.59 Å². The molecule has 0 saturated carbocycles. The fraction of sp³-hybridized carbons (Fsp3) is 0.389. The Morgan fingerprint density at radius 2 is 2.19 bits per heavy atom. The molecule has 140 valence electrons. The fourth-order valence-electron chi connectivity index (χ4n) is 3.43. The number of aromatic amines is 2. The van der Waals surface area contributed by atoms with E-state index in [1.807, 2.05) is 20.2 Å². The lowest BCUT2D eigenvalue weighted by atomic mass is 9.94. The number of fused-ring (bicyclic) bond motifs is 1. The van der Waals surface area contributed by atoms with Gasteiger partial charge in [0.15, 0.2) is 5.82 Å². The van der Waals surface area contributed by atoms with Gasteiger partial charge in [0, 0.05) is 57.4 Å². The van der Waals surface area contributed by atoms with Gasteiger partial charge < -0.3 is 19.8 Å². The topological polar surface area (TPSA) is 111 Å². The minimum atomic E-state index is -0.206. The van der Waals surface area contributed by atoms with Crippen LogP contribution < -0.4 is 10.5 Å². The summed E-state index contributed by atoms with van der Waals surface area (Å²) < 4.78 is 0. The normalized spacial score (nSPS) is 17.3. The largest absolute Gasteiger partial charge is 0.347 e. The molecular formula is C18H21N7O2. The third-order valence-electron chi connectivity index (χ3n) is 4.85. The molecule has 0 aromatic carbocycles. The number of hydrogen-bond acceptors (Lipinski definition) is 6. The molecule has 0 aliphatic carbocycles. The van der Waals surface area contributed by atoms with Crippen LogP contribution in [0.3, 0.4) is 0 Å². The summed E-state index contributed by atoms with van der Waals surface area (Å²) in [6, 6.07) is 1.90. The summed E-state index contributed by atoms with van der Waals surface area (Å²) >= 11 is 0. The van der Waals surface area contributed by atoms with Crippen LogP contribution in [0.15, 0.2) is 29.5 Å². The van der Waals surface area contributed by atoms with Gasteiger partial charge in [0.25, 0.3) is 11.5 Å². The molecule has 1 aliphatic rings. The Hall–Kier alpha value is -3.23. The van der Waals surface area contributed by atoms with E-state index in [4.69, 9.17) is 0 Å². The van der Waals surface area contributed by atoms with Crippen LogP contribution >= 0.6 is 0 Å². The molecular weight excluding hydrogens is 346 g/mol. The van der Waals surface area contributed by atoms with Crippen molar-refractivity contribution in [1.29, 1.82) is 0 Å². The number of nitrogens with zero attached hydrogens (tertiary/aromatic N) is 5. The summed E-state index contributed by atoms with van der Waals surface area (Å²) in [5, 5.41) is 0.462. The van der Waals surface area contributed by atoms with Crippen molar-refractivity contribution in [2.45, 2.75) is 18.8 Å². The van der Waals surface area contributed by atoms with Crippen molar-refractivity contribution in [2.75, 3.05) is 32.1 Å². The van der Waals surface area contributed by atoms with Crippen LogP contribution in [-0.2, 0) is 0 Å². The van der Waals surface area contributed by atoms with Gasteiger partial charge >= 0.3 is 0 Å². The first kappa shape index (κ1) is 17.2. The molecule has 1 fully saturated rings. The Morgan fingerprint density at radius 1 is 1.33 bits per heavy atom. The van der Waals surface area contributed by atoms with E-state index in [1.165, 1.54) is 0 Å². The molecule has 27 heavy (non-hydrogen) atoms. The average molecular weight is 367 g/mol. The zero-order valence-electron chi connectivity index (χ0n) is 15.3. The predicted octanol–water partition coefficient (Wildman–Crippen LogP) is 1.13. The van der Waals surface area contributed by atoms with E-state index in [2.05, 4.69) is 24.9 Å². The average Bonchev–Trinajstić information content (AvgIpc) is 3.21. The van der Waals surface area contributed by atoms with Crippen LogP contribution in [-0.4, -0.2) is 62.9 Å². The predicted molar refractivity (Wildman–Crippen MR) is 101 cm³/mol. The van der Waals surface area contributed by atoms with Gasteiger partial charge in [-0.1, -0.05) is 0 Å². The van der Waals surface area contributed by atoms with Crippen LogP contribution in [0.4, 0.5) is 5.95 Å². The maximum atomic E-state index is 12.6. The summed E-state index contributed by atoms with van der Waals surface area (Å²) in [6.07, 6.45) is 6.52. The van der Waals surface area contributed by atoms with Crippen LogP contribution in [0.5, 0.6) is 0 Å². The minimum Gasteiger partial charge on any atom is -0.347 e. The molecule has 1 aliphatic heterocycles. The van der Waals surface area contributed by atoms with E-state index in [-0.39, 0.29) is 17.4 Å². The maximum absolute atomic E-state index is 12.6. The molecule has 0 radical (unpaired) electrons. The number of aromatic nitrogens is 5. The molecule has 9 nitrogen and oxygen atoms in total. The van der Waals surface area contributed by atoms with Crippen molar-refractivity contribution in [3.05, 3.63) is 46.5 Å². The second-order valence-electron chi connectivity index (χ2n) is 6.95. The molecule has 2 N–H and O–H groups in total. The first-order chi connectivity index (χ1) is 13.0. The van der Waals surface area contributed by atoms with Gasteiger partial charge in [0.2, 0.25) is 5.95 Å². The zero-order chi connectivity index (χ0) is 19.0. The number of carbonyl (C=O) groups is 1. The van der Waals surface area contributed by atoms with Crippen molar-refractivity contribution >= 4 is 22.8 Å². The van der Waals surface area contributed by atoms with E-state index >= 15 is 0 Å². The van der Waals surface area contributed by atoms with Crippen molar-refractivity contribution < 1.29 is 4.79 Å². The molecule has 0 spiro atoms. The number of nitrogens with one attached hydrogen (secondary N) is 2. The SMILES string of the molecule is CN(C)c1ncc2c(=O)[nH]c(C3CCCN(C(=O)c4ncc[nH]4)C3)cc2n1. The smallest absolute Gasteiger partial charge is 0.289 e. The minimum absolute atomic E-state index is 0.0486. The molecule has 9 heteroatoms. The highest BCUT2D eigenvalue weighted by molar-refractivity contribution is 5.90. The van der Waals surface area contributed by atoms with Crippen molar-refractivity contribution in [3.63, 3.8) is 0 Å². The number of imidazole rings is 1. The van der Waals surface area contributed by atoms with Gasteiger partial charge in [-0.25, -0.2) is 15.0 Å². The Bertz CT molecular complexity index is 1030. The lowest BCUT2D eigenvalue weighted by molar-refractivity contribution is 0.0694. The number of H-pyrrole nitrogens is 2. The van der Waals surface area contributed by atoms with E-state index in [0.29, 0.717) is 35.8 Å². The quantitative estimate of drug-likeness (QED) is 0.718. The van der Waals surface area contributed by atoms with Gasteiger partial charge in [-0.3, -0.25) is 9.59 Å². The summed E-state index contributed by atoms with van der Waals surface area (Å²) in [6.45, 7) is 1.22. The highest BCUT2D eigenvalue weighted by Crippen LogP contribution is 2.27. The van der Waals surface area contributed by atoms with Crippen LogP contribution in [0.1, 0.15) is 35.1 Å². The van der Waals surface area contributed by atoms with Crippen LogP contribution in [0, 0.1) is 0 Å². The van der Waals surface area contributed by atoms with E-state index < -0.39 is 0 Å². The number of piperidine rings is 1. The molecule has 1 amide bonds. The highest BCUT2D eigenvalue weighted by Gasteiger charge is 2.27. The Balaban J connectivity index is 1.64. The molecule has 4 rings (SSSR count). The number of rotatable bonds is 3. The molecule has 3 aromatic rings. The second kappa shape index (κ2) is 6.82. The number of pyridine rings is 1. The lowest BCUT2D eigenvalue weighted by Gasteiger charge is -2.32. The molecule has 4 heterocycles. The second-order valence-corrected chi connectivity index (χ2v) is 6.95. The number of carbonyl (C=O) groups excluding carboxylic acids is 1. The van der Waals surface area contributed by atoms with Gasteiger partial charge in [0.05, 0.1) is 10.9 Å². The van der Waals surface area contributed by atoms with Crippen molar-refractivity contribution in [2.24, 2.45) is 0 Å². The third-order valence-corrected chi connectivity index (χ3v) is 4.85. The summed E-state index contributed by atoms with van der Waals surface area (Å²) in [5.74, 6) is 0.820. The standard InChI is InChI=1S/C18H21N7O2/c1-24(2)18-21-9-12-14(23-18)8-13(22-16(12)26)11-4-3-7-25(10-11)17(27)15-19-5-6-20-15/h5-6,8-9,11H,3-4,7,10H2,1-2H3,(H,19,20)(H,22,26). The van der Waals surface area contributed by atoms with Gasteiger partial charge in [-0.05, 0) is 18.9 Å². The van der Waals surface area contributed by atoms with Gasteiger partial charge in [0.1, 0.15) is 0 Å². The summed E-state index contributed by atoms with van der Waals surface area (Å²) in [5.41, 5.74) is 1.21. The van der Waals surface area contributed by atoms with Crippen LogP contribution in [0.2, 0.25) is 0 Å². The maximum Gasteiger partial charge on any atom is 0.289 e. The molecule has 3 aromatic heterocycles. The van der Waals surface area contributed by atoms with Crippen molar-refractivity contribution in [1.82, 2.24) is 29.8 Å². The van der Waals surface area contributed by atoms with E-state index in [1.54, 1.807) is 28.4 Å². The Kier molecular flexibility index (Phi) is 4.35. The first-order valence-electron chi connectivity index (χ1n) is 8.89. The highest BCUT2D eigenvalue weighted by atomic mass is 16.2. The monoisotopic (exact) mass is 367 g/mol. The Morgan fingerprint density at radius 3 is 2.93 bits per heavy atom. The van der Waals surface area contributed by atoms with Gasteiger partial charge in [-0.2, -0.15) is 0 Å². The molecule has 1 atom stereocenters. The molecule has 1 saturated heterocycles. The third kappa shape index (κ3) is 3.27. The fourth-order valence-corrected chi connectivity index (χ4v) is 3.43. The molecule has 0 bridgehead atoms. The van der Waals surface area contributed by atoms with Crippen molar-refractivity contribution in [3.8, 4) is 0 Å².